The Labute approximate surface area is 118 Å². The third kappa shape index (κ3) is 3.62. The molecule has 1 aliphatic heterocycles. The van der Waals surface area contributed by atoms with Gasteiger partial charge in [-0.1, -0.05) is 57.7 Å². The van der Waals surface area contributed by atoms with Crippen molar-refractivity contribution in [2.45, 2.75) is 65.2 Å². The molecule has 1 radical (unpaired) electrons. The van der Waals surface area contributed by atoms with E-state index in [1.807, 2.05) is 0 Å². The third-order valence-corrected chi connectivity index (χ3v) is 3.88. The van der Waals surface area contributed by atoms with Gasteiger partial charge in [0.1, 0.15) is 0 Å². The van der Waals surface area contributed by atoms with E-state index in [4.69, 9.17) is 5.32 Å². The van der Waals surface area contributed by atoms with Crippen LogP contribution in [0.25, 0.3) is 5.57 Å². The molecule has 0 saturated heterocycles. The van der Waals surface area contributed by atoms with E-state index >= 15 is 0 Å². The number of para-hydroxylation sites is 1. The van der Waals surface area contributed by atoms with Gasteiger partial charge in [0.05, 0.1) is 5.69 Å². The maximum Gasteiger partial charge on any atom is 0.0708 e. The smallest absolute Gasteiger partial charge is 0.0708 e. The molecule has 0 unspecified atom stereocenters. The fourth-order valence-electron chi connectivity index (χ4n) is 2.77. The van der Waals surface area contributed by atoms with Gasteiger partial charge in [0.15, 0.2) is 0 Å². The maximum absolute atomic E-state index is 4.86. The highest BCUT2D eigenvalue weighted by molar-refractivity contribution is 5.81. The lowest BCUT2D eigenvalue weighted by Gasteiger charge is -2.06. The number of allylic oxidation sites excluding steroid dienone is 2. The van der Waals surface area contributed by atoms with Crippen LogP contribution >= 0.6 is 0 Å². The van der Waals surface area contributed by atoms with Crippen LogP contribution in [0.2, 0.25) is 0 Å². The quantitative estimate of drug-likeness (QED) is 0.521. The summed E-state index contributed by atoms with van der Waals surface area (Å²) in [5.41, 5.74) is 5.48. The molecule has 1 nitrogen and oxygen atoms in total. The molecule has 0 N–H and O–H groups in total. The topological polar surface area (TPSA) is 14.1 Å². The molecule has 1 aromatic carbocycles. The molecule has 1 heteroatoms. The van der Waals surface area contributed by atoms with E-state index in [0.717, 1.165) is 6.42 Å². The van der Waals surface area contributed by atoms with Crippen molar-refractivity contribution in [3.8, 4) is 0 Å². The van der Waals surface area contributed by atoms with Crippen molar-refractivity contribution >= 4 is 11.3 Å². The predicted octanol–water partition coefficient (Wildman–Crippen LogP) is 5.81. The van der Waals surface area contributed by atoms with Gasteiger partial charge in [-0.3, -0.25) is 5.32 Å². The van der Waals surface area contributed by atoms with E-state index in [1.54, 1.807) is 0 Å². The highest BCUT2D eigenvalue weighted by atomic mass is 14.9. The van der Waals surface area contributed by atoms with Crippen molar-refractivity contribution in [3.63, 3.8) is 0 Å². The van der Waals surface area contributed by atoms with E-state index in [-0.39, 0.29) is 0 Å². The molecule has 0 atom stereocenters. The van der Waals surface area contributed by atoms with Crippen molar-refractivity contribution in [3.05, 3.63) is 35.5 Å². The van der Waals surface area contributed by atoms with Gasteiger partial charge >= 0.3 is 0 Å². The minimum absolute atomic E-state index is 1.16. The summed E-state index contributed by atoms with van der Waals surface area (Å²) >= 11 is 0. The second-order valence-corrected chi connectivity index (χ2v) is 5.47. The standard InChI is InChI=1S/C18H26N/c1-3-5-7-11-15-16-12-9-10-14-18(16)19-17(15)13-8-6-4-2/h9-10,12,14H,3-8,11,13H2,1-2H3. The number of hydrogen-bond donors (Lipinski definition) is 0. The average Bonchev–Trinajstić information content (AvgIpc) is 2.78. The number of hydrogen-bond acceptors (Lipinski definition) is 0. The predicted molar refractivity (Wildman–Crippen MR) is 83.4 cm³/mol. The van der Waals surface area contributed by atoms with Crippen molar-refractivity contribution in [1.29, 1.82) is 0 Å². The van der Waals surface area contributed by atoms with Crippen LogP contribution in [0.5, 0.6) is 0 Å². The Kier molecular flexibility index (Phi) is 5.50. The first-order chi connectivity index (χ1) is 9.36. The van der Waals surface area contributed by atoms with E-state index in [1.165, 1.54) is 67.5 Å². The molecule has 0 fully saturated rings. The number of rotatable bonds is 8. The molecule has 103 valence electrons. The van der Waals surface area contributed by atoms with Crippen molar-refractivity contribution in [2.75, 3.05) is 0 Å². The largest absolute Gasteiger partial charge is 0.253 e. The summed E-state index contributed by atoms with van der Waals surface area (Å²) in [4.78, 5) is 0. The zero-order valence-electron chi connectivity index (χ0n) is 12.4. The van der Waals surface area contributed by atoms with Gasteiger partial charge in [0.2, 0.25) is 0 Å². The van der Waals surface area contributed by atoms with Gasteiger partial charge in [-0.2, -0.15) is 0 Å². The Bertz CT molecular complexity index is 431. The summed E-state index contributed by atoms with van der Waals surface area (Å²) in [6, 6.07) is 8.64. The average molecular weight is 256 g/mol. The van der Waals surface area contributed by atoms with Crippen molar-refractivity contribution in [2.24, 2.45) is 0 Å². The molecule has 0 bridgehead atoms. The van der Waals surface area contributed by atoms with Crippen LogP contribution < -0.4 is 5.32 Å². The van der Waals surface area contributed by atoms with Crippen LogP contribution in [-0.4, -0.2) is 0 Å². The molecular weight excluding hydrogens is 230 g/mol. The Hall–Kier alpha value is -1.24. The lowest BCUT2D eigenvalue weighted by molar-refractivity contribution is 0.693. The van der Waals surface area contributed by atoms with Gasteiger partial charge in [0, 0.05) is 11.3 Å². The first-order valence-electron chi connectivity index (χ1n) is 7.90. The van der Waals surface area contributed by atoms with Gasteiger partial charge in [0.25, 0.3) is 0 Å². The molecule has 0 saturated carbocycles. The number of fused-ring (bicyclic) bond motifs is 1. The molecule has 0 aliphatic carbocycles. The van der Waals surface area contributed by atoms with Crippen LogP contribution in [0.15, 0.2) is 30.0 Å². The highest BCUT2D eigenvalue weighted by Gasteiger charge is 2.21. The van der Waals surface area contributed by atoms with Crippen molar-refractivity contribution < 1.29 is 0 Å². The monoisotopic (exact) mass is 256 g/mol. The van der Waals surface area contributed by atoms with Crippen LogP contribution in [0, 0.1) is 0 Å². The maximum atomic E-state index is 4.86. The summed E-state index contributed by atoms with van der Waals surface area (Å²) in [6.45, 7) is 4.53. The first-order valence-corrected chi connectivity index (χ1v) is 7.90. The molecule has 1 aliphatic rings. The second-order valence-electron chi connectivity index (χ2n) is 5.47. The Balaban J connectivity index is 2.08. The zero-order chi connectivity index (χ0) is 13.5. The minimum Gasteiger partial charge on any atom is -0.253 e. The van der Waals surface area contributed by atoms with Gasteiger partial charge in [-0.05, 0) is 37.3 Å². The van der Waals surface area contributed by atoms with Crippen LogP contribution in [0.3, 0.4) is 0 Å². The van der Waals surface area contributed by atoms with Crippen LogP contribution in [-0.2, 0) is 0 Å². The van der Waals surface area contributed by atoms with Gasteiger partial charge in [-0.15, -0.1) is 0 Å². The second kappa shape index (κ2) is 7.37. The molecular formula is C18H26N. The number of benzene rings is 1. The normalized spacial score (nSPS) is 13.6. The van der Waals surface area contributed by atoms with E-state index in [9.17, 15) is 0 Å². The van der Waals surface area contributed by atoms with Crippen LogP contribution in [0.4, 0.5) is 5.69 Å². The van der Waals surface area contributed by atoms with Gasteiger partial charge < -0.3 is 0 Å². The summed E-state index contributed by atoms with van der Waals surface area (Å²) in [5, 5.41) is 4.86. The first kappa shape index (κ1) is 14.2. The summed E-state index contributed by atoms with van der Waals surface area (Å²) < 4.78 is 0. The van der Waals surface area contributed by atoms with Crippen LogP contribution in [0.1, 0.15) is 70.8 Å². The van der Waals surface area contributed by atoms with Crippen molar-refractivity contribution in [1.82, 2.24) is 5.32 Å². The third-order valence-electron chi connectivity index (χ3n) is 3.88. The number of unbranched alkanes of at least 4 members (excludes halogenated alkanes) is 4. The molecule has 1 heterocycles. The number of nitrogens with zero attached hydrogens (tertiary/aromatic N) is 1. The Morgan fingerprint density at radius 2 is 1.53 bits per heavy atom. The fraction of sp³-hybridized carbons (Fsp3) is 0.556. The summed E-state index contributed by atoms with van der Waals surface area (Å²) in [5.74, 6) is 0. The fourth-order valence-corrected chi connectivity index (χ4v) is 2.77. The lowest BCUT2D eigenvalue weighted by atomic mass is 9.98. The molecule has 0 spiro atoms. The Morgan fingerprint density at radius 1 is 0.842 bits per heavy atom. The molecule has 0 amide bonds. The minimum atomic E-state index is 1.16. The SMILES string of the molecule is CCCCCC1=C(CCCCC)c2ccccc2[N]1. The highest BCUT2D eigenvalue weighted by Crippen LogP contribution is 2.39. The van der Waals surface area contributed by atoms with E-state index in [2.05, 4.69) is 38.1 Å². The lowest BCUT2D eigenvalue weighted by Crippen LogP contribution is -1.94. The molecule has 0 aromatic heterocycles. The van der Waals surface area contributed by atoms with E-state index < -0.39 is 0 Å². The Morgan fingerprint density at radius 3 is 2.26 bits per heavy atom. The molecule has 2 rings (SSSR count). The summed E-state index contributed by atoms with van der Waals surface area (Å²) in [6.07, 6.45) is 10.2. The molecule has 1 aromatic rings. The van der Waals surface area contributed by atoms with Gasteiger partial charge in [-0.25, -0.2) is 0 Å². The zero-order valence-corrected chi connectivity index (χ0v) is 12.4. The summed E-state index contributed by atoms with van der Waals surface area (Å²) in [7, 11) is 0. The molecule has 19 heavy (non-hydrogen) atoms. The van der Waals surface area contributed by atoms with E-state index in [0.29, 0.717) is 0 Å².